The predicted molar refractivity (Wildman–Crippen MR) is 154 cm³/mol. The zero-order valence-corrected chi connectivity index (χ0v) is 24.8. The molecule has 0 bridgehead atoms. The van der Waals surface area contributed by atoms with E-state index in [1.54, 1.807) is 36.1 Å². The molecule has 3 rings (SSSR count). The van der Waals surface area contributed by atoms with E-state index in [0.29, 0.717) is 17.9 Å². The van der Waals surface area contributed by atoms with Gasteiger partial charge in [0.05, 0.1) is 19.1 Å². The number of amides is 2. The molecule has 0 radical (unpaired) electrons. The summed E-state index contributed by atoms with van der Waals surface area (Å²) in [5.74, 6) is 0.190. The van der Waals surface area contributed by atoms with E-state index in [1.165, 1.54) is 17.8 Å². The number of hydrogen-bond donors (Lipinski definition) is 1. The second-order valence-corrected chi connectivity index (χ2v) is 12.6. The summed E-state index contributed by atoms with van der Waals surface area (Å²) in [6, 6.07) is 14.0. The molecule has 2 aromatic rings. The van der Waals surface area contributed by atoms with Crippen molar-refractivity contribution >= 4 is 43.5 Å². The maximum absolute atomic E-state index is 13.5. The first-order valence-electron chi connectivity index (χ1n) is 13.0. The molecule has 0 aliphatic heterocycles. The molecule has 1 atom stereocenters. The van der Waals surface area contributed by atoms with Crippen molar-refractivity contribution in [1.82, 2.24) is 10.2 Å². The van der Waals surface area contributed by atoms with Crippen molar-refractivity contribution in [2.45, 2.75) is 70.5 Å². The second-order valence-electron chi connectivity index (χ2n) is 9.81. The quantitative estimate of drug-likeness (QED) is 0.371. The number of ether oxygens (including phenoxy) is 1. The fourth-order valence-corrected chi connectivity index (χ4v) is 6.16. The van der Waals surface area contributed by atoms with Gasteiger partial charge in [-0.3, -0.25) is 13.9 Å². The standard InChI is InChI=1S/C28H38BrN3O5S/c1-21(28(34)30-24-12-5-4-6-13-24)31(20-22-10-7-11-23(29)18-22)27(33)16-9-17-32(38(3,35)36)25-14-8-15-26(19-25)37-2/h7-8,10-11,14-15,18-19,21,24H,4-6,9,12-13,16-17,20H2,1-3H3,(H,30,34)/t21-/m0/s1. The molecule has 38 heavy (non-hydrogen) atoms. The summed E-state index contributed by atoms with van der Waals surface area (Å²) in [5, 5.41) is 3.14. The Balaban J connectivity index is 1.72. The molecule has 0 saturated heterocycles. The van der Waals surface area contributed by atoms with Crippen LogP contribution in [0.25, 0.3) is 0 Å². The third-order valence-electron chi connectivity index (χ3n) is 6.85. The van der Waals surface area contributed by atoms with Crippen LogP contribution in [-0.4, -0.2) is 57.1 Å². The third-order valence-corrected chi connectivity index (χ3v) is 8.54. The van der Waals surface area contributed by atoms with E-state index in [-0.39, 0.29) is 37.4 Å². The van der Waals surface area contributed by atoms with Crippen molar-refractivity contribution in [3.63, 3.8) is 0 Å². The topological polar surface area (TPSA) is 96.0 Å². The van der Waals surface area contributed by atoms with Crippen LogP contribution in [0.4, 0.5) is 5.69 Å². The number of nitrogens with one attached hydrogen (secondary N) is 1. The maximum atomic E-state index is 13.5. The summed E-state index contributed by atoms with van der Waals surface area (Å²) < 4.78 is 32.5. The number of carbonyl (C=O) groups is 2. The summed E-state index contributed by atoms with van der Waals surface area (Å²) in [4.78, 5) is 28.2. The molecule has 1 fully saturated rings. The highest BCUT2D eigenvalue weighted by Crippen LogP contribution is 2.24. The highest BCUT2D eigenvalue weighted by atomic mass is 79.9. The van der Waals surface area contributed by atoms with E-state index in [9.17, 15) is 18.0 Å². The van der Waals surface area contributed by atoms with Crippen molar-refractivity contribution in [1.29, 1.82) is 0 Å². The van der Waals surface area contributed by atoms with Gasteiger partial charge in [0.2, 0.25) is 21.8 Å². The maximum Gasteiger partial charge on any atom is 0.242 e. The third kappa shape index (κ3) is 8.73. The number of nitrogens with zero attached hydrogens (tertiary/aromatic N) is 2. The van der Waals surface area contributed by atoms with Crippen LogP contribution in [0, 0.1) is 0 Å². The van der Waals surface area contributed by atoms with Crippen molar-refractivity contribution in [3.05, 3.63) is 58.6 Å². The fraction of sp³-hybridized carbons (Fsp3) is 0.500. The molecule has 8 nitrogen and oxygen atoms in total. The average Bonchev–Trinajstić information content (AvgIpc) is 2.89. The van der Waals surface area contributed by atoms with Crippen molar-refractivity contribution < 1.29 is 22.7 Å². The van der Waals surface area contributed by atoms with Gasteiger partial charge in [-0.05, 0) is 56.0 Å². The average molecular weight is 609 g/mol. The Morgan fingerprint density at radius 2 is 1.82 bits per heavy atom. The van der Waals surface area contributed by atoms with Gasteiger partial charge in [-0.2, -0.15) is 0 Å². The number of anilines is 1. The molecule has 0 aromatic heterocycles. The van der Waals surface area contributed by atoms with Gasteiger partial charge in [-0.15, -0.1) is 0 Å². The van der Waals surface area contributed by atoms with Crippen LogP contribution in [0.3, 0.4) is 0 Å². The Labute approximate surface area is 234 Å². The van der Waals surface area contributed by atoms with Crippen LogP contribution >= 0.6 is 15.9 Å². The van der Waals surface area contributed by atoms with Gasteiger partial charge >= 0.3 is 0 Å². The fourth-order valence-electron chi connectivity index (χ4n) is 4.75. The summed E-state index contributed by atoms with van der Waals surface area (Å²) in [5.41, 5.74) is 1.38. The van der Waals surface area contributed by atoms with E-state index in [4.69, 9.17) is 4.74 Å². The number of carbonyl (C=O) groups excluding carboxylic acids is 2. The van der Waals surface area contributed by atoms with Gasteiger partial charge in [0, 0.05) is 36.1 Å². The predicted octanol–water partition coefficient (Wildman–Crippen LogP) is 4.87. The largest absolute Gasteiger partial charge is 0.497 e. The molecule has 1 aliphatic carbocycles. The lowest BCUT2D eigenvalue weighted by Crippen LogP contribution is -2.50. The van der Waals surface area contributed by atoms with E-state index in [1.807, 2.05) is 24.3 Å². The molecule has 1 aliphatic rings. The number of hydrogen-bond acceptors (Lipinski definition) is 5. The first-order chi connectivity index (χ1) is 18.1. The van der Waals surface area contributed by atoms with Crippen LogP contribution in [0.1, 0.15) is 57.4 Å². The number of halogens is 1. The first kappa shape index (κ1) is 30.0. The van der Waals surface area contributed by atoms with Gasteiger partial charge < -0.3 is 15.0 Å². The molecule has 0 unspecified atom stereocenters. The Morgan fingerprint density at radius 3 is 2.47 bits per heavy atom. The Morgan fingerprint density at radius 1 is 1.11 bits per heavy atom. The SMILES string of the molecule is COc1cccc(N(CCCC(=O)N(Cc2cccc(Br)c2)[C@@H](C)C(=O)NC2CCCCC2)S(C)(=O)=O)c1. The summed E-state index contributed by atoms with van der Waals surface area (Å²) in [7, 11) is -2.06. The zero-order chi connectivity index (χ0) is 27.7. The summed E-state index contributed by atoms with van der Waals surface area (Å²) >= 11 is 3.48. The number of rotatable bonds is 12. The van der Waals surface area contributed by atoms with Crippen molar-refractivity contribution in [2.75, 3.05) is 24.2 Å². The highest BCUT2D eigenvalue weighted by molar-refractivity contribution is 9.10. The minimum Gasteiger partial charge on any atom is -0.497 e. The van der Waals surface area contributed by atoms with E-state index in [0.717, 1.165) is 42.0 Å². The van der Waals surface area contributed by atoms with E-state index >= 15 is 0 Å². The number of benzene rings is 2. The zero-order valence-electron chi connectivity index (χ0n) is 22.4. The van der Waals surface area contributed by atoms with Gasteiger partial charge in [-0.25, -0.2) is 8.42 Å². The van der Waals surface area contributed by atoms with E-state index in [2.05, 4.69) is 21.2 Å². The molecule has 2 amide bonds. The van der Waals surface area contributed by atoms with Crippen LogP contribution in [0.2, 0.25) is 0 Å². The summed E-state index contributed by atoms with van der Waals surface area (Å²) in [6.07, 6.45) is 6.86. The Kier molecular flexibility index (Phi) is 11.0. The van der Waals surface area contributed by atoms with Crippen LogP contribution < -0.4 is 14.4 Å². The molecule has 2 aromatic carbocycles. The van der Waals surface area contributed by atoms with Crippen LogP contribution in [0.5, 0.6) is 5.75 Å². The molecule has 1 saturated carbocycles. The van der Waals surface area contributed by atoms with E-state index < -0.39 is 16.1 Å². The van der Waals surface area contributed by atoms with Gasteiger partial charge in [0.15, 0.2) is 0 Å². The lowest BCUT2D eigenvalue weighted by atomic mass is 9.95. The van der Waals surface area contributed by atoms with Crippen LogP contribution in [-0.2, 0) is 26.2 Å². The number of sulfonamides is 1. The smallest absolute Gasteiger partial charge is 0.242 e. The molecular formula is C28H38BrN3O5S. The highest BCUT2D eigenvalue weighted by Gasteiger charge is 2.28. The van der Waals surface area contributed by atoms with Crippen molar-refractivity contribution in [3.8, 4) is 5.75 Å². The first-order valence-corrected chi connectivity index (χ1v) is 15.7. The molecule has 0 spiro atoms. The normalized spacial score (nSPS) is 14.9. The Bertz CT molecular complexity index is 1200. The van der Waals surface area contributed by atoms with Crippen molar-refractivity contribution in [2.24, 2.45) is 0 Å². The Hall–Kier alpha value is -2.59. The second kappa shape index (κ2) is 14.0. The molecule has 10 heteroatoms. The summed E-state index contributed by atoms with van der Waals surface area (Å²) in [6.45, 7) is 2.17. The minimum atomic E-state index is -3.58. The lowest BCUT2D eigenvalue weighted by Gasteiger charge is -2.31. The monoisotopic (exact) mass is 607 g/mol. The molecule has 1 N–H and O–H groups in total. The molecular weight excluding hydrogens is 570 g/mol. The van der Waals surface area contributed by atoms with Gasteiger partial charge in [0.25, 0.3) is 0 Å². The van der Waals surface area contributed by atoms with Crippen LogP contribution in [0.15, 0.2) is 53.0 Å². The lowest BCUT2D eigenvalue weighted by molar-refractivity contribution is -0.141. The van der Waals surface area contributed by atoms with Gasteiger partial charge in [0.1, 0.15) is 11.8 Å². The number of methoxy groups -OCH3 is 1. The minimum absolute atomic E-state index is 0.102. The van der Waals surface area contributed by atoms with Gasteiger partial charge in [-0.1, -0.05) is 53.4 Å². The molecule has 208 valence electrons. The molecule has 0 heterocycles.